The van der Waals surface area contributed by atoms with Crippen LogP contribution < -0.4 is 4.90 Å². The van der Waals surface area contributed by atoms with E-state index in [0.717, 1.165) is 22.4 Å². The van der Waals surface area contributed by atoms with E-state index in [9.17, 15) is 10.4 Å². The number of nitrogens with zero attached hydrogens (tertiary/aromatic N) is 2. The normalized spacial score (nSPS) is 12.8. The Labute approximate surface area is 148 Å². The van der Waals surface area contributed by atoms with Gasteiger partial charge in [0.2, 0.25) is 0 Å². The lowest BCUT2D eigenvalue weighted by Crippen LogP contribution is -2.27. The molecule has 0 radical (unpaired) electrons. The molecule has 0 spiro atoms. The lowest BCUT2D eigenvalue weighted by molar-refractivity contribution is 0.475. The van der Waals surface area contributed by atoms with Gasteiger partial charge in [0.15, 0.2) is 0 Å². The SMILES string of the molecule is CN(C)c1ccc(C(C#N)(c2ccccc2)c2ccc(O)cc2)cc1. The van der Waals surface area contributed by atoms with Gasteiger partial charge in [0, 0.05) is 19.8 Å². The van der Waals surface area contributed by atoms with Crippen molar-refractivity contribution in [2.45, 2.75) is 5.41 Å². The average molecular weight is 328 g/mol. The summed E-state index contributed by atoms with van der Waals surface area (Å²) in [5.41, 5.74) is 2.78. The van der Waals surface area contributed by atoms with Crippen molar-refractivity contribution in [2.75, 3.05) is 19.0 Å². The highest BCUT2D eigenvalue weighted by atomic mass is 16.3. The highest BCUT2D eigenvalue weighted by Crippen LogP contribution is 2.39. The lowest BCUT2D eigenvalue weighted by atomic mass is 9.70. The third kappa shape index (κ3) is 2.95. The van der Waals surface area contributed by atoms with Crippen molar-refractivity contribution in [1.29, 1.82) is 5.26 Å². The fourth-order valence-electron chi connectivity index (χ4n) is 3.10. The van der Waals surface area contributed by atoms with Crippen molar-refractivity contribution in [3.05, 3.63) is 95.6 Å². The van der Waals surface area contributed by atoms with E-state index in [1.807, 2.05) is 85.7 Å². The fourth-order valence-corrected chi connectivity index (χ4v) is 3.10. The molecule has 0 aliphatic heterocycles. The number of hydrogen-bond donors (Lipinski definition) is 1. The van der Waals surface area contributed by atoms with E-state index in [-0.39, 0.29) is 5.75 Å². The molecule has 1 N–H and O–H groups in total. The van der Waals surface area contributed by atoms with Crippen molar-refractivity contribution in [2.24, 2.45) is 0 Å². The number of hydrogen-bond acceptors (Lipinski definition) is 3. The number of aromatic hydroxyl groups is 1. The first-order valence-electron chi connectivity index (χ1n) is 8.12. The van der Waals surface area contributed by atoms with Crippen LogP contribution in [0.1, 0.15) is 16.7 Å². The summed E-state index contributed by atoms with van der Waals surface area (Å²) in [5, 5.41) is 19.9. The largest absolute Gasteiger partial charge is 0.508 e. The minimum absolute atomic E-state index is 0.187. The summed E-state index contributed by atoms with van der Waals surface area (Å²) >= 11 is 0. The molecule has 3 nitrogen and oxygen atoms in total. The molecule has 0 saturated carbocycles. The second kappa shape index (κ2) is 6.70. The molecule has 25 heavy (non-hydrogen) atoms. The van der Waals surface area contributed by atoms with E-state index >= 15 is 0 Å². The van der Waals surface area contributed by atoms with Crippen molar-refractivity contribution >= 4 is 5.69 Å². The quantitative estimate of drug-likeness (QED) is 0.726. The predicted octanol–water partition coefficient (Wildman–Crippen LogP) is 4.32. The van der Waals surface area contributed by atoms with E-state index in [2.05, 4.69) is 6.07 Å². The van der Waals surface area contributed by atoms with Crippen LogP contribution in [0.5, 0.6) is 5.75 Å². The molecular formula is C22H20N2O. The Hall–Kier alpha value is -3.25. The highest BCUT2D eigenvalue weighted by molar-refractivity contribution is 5.59. The molecule has 3 aromatic rings. The molecule has 3 heteroatoms. The van der Waals surface area contributed by atoms with Crippen molar-refractivity contribution < 1.29 is 5.11 Å². The summed E-state index contributed by atoms with van der Waals surface area (Å²) in [4.78, 5) is 2.03. The van der Waals surface area contributed by atoms with E-state index in [1.165, 1.54) is 0 Å². The minimum atomic E-state index is -0.931. The molecule has 3 aromatic carbocycles. The van der Waals surface area contributed by atoms with Crippen LogP contribution in [0.3, 0.4) is 0 Å². The maximum atomic E-state index is 10.3. The number of rotatable bonds is 4. The number of benzene rings is 3. The van der Waals surface area contributed by atoms with Crippen LogP contribution in [0.15, 0.2) is 78.9 Å². The van der Waals surface area contributed by atoms with Gasteiger partial charge in [-0.25, -0.2) is 0 Å². The third-order valence-corrected chi connectivity index (χ3v) is 4.49. The second-order valence-corrected chi connectivity index (χ2v) is 6.22. The number of phenols is 1. The first kappa shape index (κ1) is 16.6. The molecule has 0 saturated heterocycles. The molecule has 3 rings (SSSR count). The van der Waals surface area contributed by atoms with E-state index in [0.29, 0.717) is 0 Å². The Morgan fingerprint density at radius 3 is 1.72 bits per heavy atom. The standard InChI is InChI=1S/C22H20N2O/c1-24(2)20-12-8-18(9-13-20)22(16-23,17-6-4-3-5-7-17)19-10-14-21(25)15-11-19/h3-15,25H,1-2H3. The summed E-state index contributed by atoms with van der Waals surface area (Å²) in [6.45, 7) is 0. The summed E-state index contributed by atoms with van der Waals surface area (Å²) < 4.78 is 0. The van der Waals surface area contributed by atoms with E-state index in [1.54, 1.807) is 12.1 Å². The Balaban J connectivity index is 2.25. The second-order valence-electron chi connectivity index (χ2n) is 6.22. The molecule has 124 valence electrons. The Morgan fingerprint density at radius 1 is 0.760 bits per heavy atom. The molecule has 0 aliphatic rings. The molecular weight excluding hydrogens is 308 g/mol. The van der Waals surface area contributed by atoms with Gasteiger partial charge >= 0.3 is 0 Å². The monoisotopic (exact) mass is 328 g/mol. The maximum absolute atomic E-state index is 10.3. The van der Waals surface area contributed by atoms with Gasteiger partial charge in [-0.15, -0.1) is 0 Å². The van der Waals surface area contributed by atoms with Crippen LogP contribution in [0.25, 0.3) is 0 Å². The molecule has 1 unspecified atom stereocenters. The van der Waals surface area contributed by atoms with Crippen molar-refractivity contribution in [3.8, 4) is 11.8 Å². The summed E-state index contributed by atoms with van der Waals surface area (Å²) in [6.07, 6.45) is 0. The predicted molar refractivity (Wildman–Crippen MR) is 101 cm³/mol. The minimum Gasteiger partial charge on any atom is -0.508 e. The average Bonchev–Trinajstić information content (AvgIpc) is 2.65. The van der Waals surface area contributed by atoms with E-state index < -0.39 is 5.41 Å². The Bertz CT molecular complexity index is 878. The van der Waals surface area contributed by atoms with Gasteiger partial charge in [-0.05, 0) is 41.0 Å². The third-order valence-electron chi connectivity index (χ3n) is 4.49. The van der Waals surface area contributed by atoms with Gasteiger partial charge in [0.1, 0.15) is 11.2 Å². The highest BCUT2D eigenvalue weighted by Gasteiger charge is 2.36. The lowest BCUT2D eigenvalue weighted by Gasteiger charge is -2.29. The molecule has 0 bridgehead atoms. The van der Waals surface area contributed by atoms with Crippen LogP contribution in [-0.4, -0.2) is 19.2 Å². The first-order chi connectivity index (χ1) is 12.1. The Morgan fingerprint density at radius 2 is 1.24 bits per heavy atom. The van der Waals surface area contributed by atoms with Gasteiger partial charge in [0.25, 0.3) is 0 Å². The van der Waals surface area contributed by atoms with Crippen molar-refractivity contribution in [1.82, 2.24) is 0 Å². The van der Waals surface area contributed by atoms with Gasteiger partial charge < -0.3 is 10.0 Å². The summed E-state index contributed by atoms with van der Waals surface area (Å²) in [7, 11) is 3.98. The molecule has 0 aliphatic carbocycles. The maximum Gasteiger partial charge on any atom is 0.132 e. The fraction of sp³-hybridized carbons (Fsp3) is 0.136. The van der Waals surface area contributed by atoms with Gasteiger partial charge in [-0.3, -0.25) is 0 Å². The Kier molecular flexibility index (Phi) is 4.45. The van der Waals surface area contributed by atoms with Gasteiger partial charge in [-0.1, -0.05) is 54.6 Å². The summed E-state index contributed by atoms with van der Waals surface area (Å²) in [5.74, 6) is 0.187. The van der Waals surface area contributed by atoms with E-state index in [4.69, 9.17) is 0 Å². The zero-order valence-electron chi connectivity index (χ0n) is 14.3. The zero-order chi connectivity index (χ0) is 17.9. The number of anilines is 1. The van der Waals surface area contributed by atoms with Crippen molar-refractivity contribution in [3.63, 3.8) is 0 Å². The molecule has 0 fully saturated rings. The number of phenolic OH excluding ortho intramolecular Hbond substituents is 1. The topological polar surface area (TPSA) is 47.3 Å². The smallest absolute Gasteiger partial charge is 0.132 e. The van der Waals surface area contributed by atoms with Gasteiger partial charge in [0.05, 0.1) is 6.07 Å². The summed E-state index contributed by atoms with van der Waals surface area (Å²) in [6, 6.07) is 27.2. The molecule has 0 heterocycles. The van der Waals surface area contributed by atoms with Gasteiger partial charge in [-0.2, -0.15) is 5.26 Å². The van der Waals surface area contributed by atoms with Crippen LogP contribution in [0.4, 0.5) is 5.69 Å². The molecule has 1 atom stereocenters. The number of nitriles is 1. The van der Waals surface area contributed by atoms with Crippen LogP contribution in [0.2, 0.25) is 0 Å². The van der Waals surface area contributed by atoms with Crippen LogP contribution in [0, 0.1) is 11.3 Å². The first-order valence-corrected chi connectivity index (χ1v) is 8.12. The zero-order valence-corrected chi connectivity index (χ0v) is 14.3. The molecule has 0 amide bonds. The van der Waals surface area contributed by atoms with Crippen LogP contribution in [-0.2, 0) is 5.41 Å². The van der Waals surface area contributed by atoms with Crippen LogP contribution >= 0.6 is 0 Å². The molecule has 0 aromatic heterocycles.